The van der Waals surface area contributed by atoms with Gasteiger partial charge in [0.25, 0.3) is 0 Å². The fraction of sp³-hybridized carbons (Fsp3) is 0.0714. The van der Waals surface area contributed by atoms with Crippen LogP contribution in [0, 0.1) is 27.7 Å². The second kappa shape index (κ2) is 19.1. The number of aldehydes is 4. The van der Waals surface area contributed by atoms with E-state index in [1.807, 2.05) is 27.7 Å². The van der Waals surface area contributed by atoms with E-state index in [4.69, 9.17) is 37.9 Å². The predicted molar refractivity (Wildman–Crippen MR) is 253 cm³/mol. The molecule has 0 aromatic heterocycles. The SMILES string of the molecule is Cc1c2cccc1Oc1cc(C=O)cc(c1)Oc1cccc(c1C)Oc1cc(C=O)cc(c1)Oc1cccc(c1C)Oc1cc(C=O)cc(c1)Oc1cccc(c1C)Oc1cc(C=O)cc(c1)O2. The molecule has 0 radical (unpaired) electrons. The van der Waals surface area contributed by atoms with Crippen LogP contribution < -0.4 is 37.9 Å². The molecule has 1 heterocycles. The zero-order valence-electron chi connectivity index (χ0n) is 37.1. The molecular weight excluding hydrogens is 865 g/mol. The molecule has 0 N–H and O–H groups in total. The summed E-state index contributed by atoms with van der Waals surface area (Å²) in [5, 5.41) is 0. The summed E-state index contributed by atoms with van der Waals surface area (Å²) in [7, 11) is 0. The summed E-state index contributed by atoms with van der Waals surface area (Å²) in [6.07, 6.45) is 2.80. The Bertz CT molecular complexity index is 2680. The largest absolute Gasteiger partial charge is 0.457 e. The van der Waals surface area contributed by atoms with Crippen LogP contribution in [0.1, 0.15) is 63.7 Å². The molecule has 8 aromatic carbocycles. The third-order valence-electron chi connectivity index (χ3n) is 10.9. The van der Waals surface area contributed by atoms with E-state index in [1.165, 1.54) is 0 Å². The first-order valence-electron chi connectivity index (χ1n) is 21.3. The molecule has 8 aromatic rings. The van der Waals surface area contributed by atoms with E-state index in [9.17, 15) is 19.2 Å². The lowest BCUT2D eigenvalue weighted by atomic mass is 10.1. The number of hydrogen-bond donors (Lipinski definition) is 0. The maximum absolute atomic E-state index is 12.2. The number of hydrogen-bond acceptors (Lipinski definition) is 12. The molecule has 12 heteroatoms. The minimum absolute atomic E-state index is 0.307. The van der Waals surface area contributed by atoms with Crippen molar-refractivity contribution in [2.45, 2.75) is 27.7 Å². The van der Waals surface area contributed by atoms with Crippen molar-refractivity contribution in [3.8, 4) is 92.0 Å². The van der Waals surface area contributed by atoms with Crippen molar-refractivity contribution in [1.29, 1.82) is 0 Å². The van der Waals surface area contributed by atoms with Gasteiger partial charge in [0.2, 0.25) is 0 Å². The maximum atomic E-state index is 12.2. The summed E-state index contributed by atoms with van der Waals surface area (Å²) in [5.41, 5.74) is 3.73. The highest BCUT2D eigenvalue weighted by Crippen LogP contribution is 2.42. The molecule has 0 amide bonds. The zero-order valence-corrected chi connectivity index (χ0v) is 37.1. The van der Waals surface area contributed by atoms with Crippen LogP contribution in [0.25, 0.3) is 0 Å². The van der Waals surface area contributed by atoms with Gasteiger partial charge in [0.05, 0.1) is 0 Å². The van der Waals surface area contributed by atoms with Crippen molar-refractivity contribution in [2.75, 3.05) is 0 Å². The maximum Gasteiger partial charge on any atom is 0.150 e. The lowest BCUT2D eigenvalue weighted by molar-refractivity contribution is 0.111. The molecule has 0 saturated heterocycles. The first kappa shape index (κ1) is 44.1. The van der Waals surface area contributed by atoms with Crippen LogP contribution >= 0.6 is 0 Å². The fourth-order valence-electron chi connectivity index (χ4n) is 7.40. The van der Waals surface area contributed by atoms with E-state index in [1.54, 1.807) is 146 Å². The number of benzene rings is 8. The number of fused-ring (bicyclic) bond motifs is 16. The fourth-order valence-corrected chi connectivity index (χ4v) is 7.40. The molecule has 0 spiro atoms. The van der Waals surface area contributed by atoms with E-state index < -0.39 is 0 Å². The van der Waals surface area contributed by atoms with Crippen molar-refractivity contribution in [3.63, 3.8) is 0 Å². The zero-order chi connectivity index (χ0) is 47.3. The smallest absolute Gasteiger partial charge is 0.150 e. The average Bonchev–Trinajstić information content (AvgIpc) is 3.33. The Morgan fingerprint density at radius 3 is 0.529 bits per heavy atom. The summed E-state index contributed by atoms with van der Waals surface area (Å²) in [6.45, 7) is 7.28. The Labute approximate surface area is 390 Å². The van der Waals surface area contributed by atoms with Crippen LogP contribution in [0.4, 0.5) is 0 Å². The molecule has 68 heavy (non-hydrogen) atoms. The Balaban J connectivity index is 1.13. The third-order valence-corrected chi connectivity index (χ3v) is 10.9. The normalized spacial score (nSPS) is 11.8. The Kier molecular flexibility index (Phi) is 12.4. The van der Waals surface area contributed by atoms with Gasteiger partial charge in [0.1, 0.15) is 117 Å². The summed E-state index contributed by atoms with van der Waals surface area (Å²) in [6, 6.07) is 40.5. The van der Waals surface area contributed by atoms with Crippen molar-refractivity contribution >= 4 is 25.1 Å². The lowest BCUT2D eigenvalue weighted by Gasteiger charge is -2.17. The molecule has 0 unspecified atom stereocenters. The highest BCUT2D eigenvalue weighted by atomic mass is 16.5. The summed E-state index contributed by atoms with van der Waals surface area (Å²) < 4.78 is 50.9. The van der Waals surface area contributed by atoms with Gasteiger partial charge in [-0.25, -0.2) is 0 Å². The molecule has 336 valence electrons. The minimum atomic E-state index is 0.307. The van der Waals surface area contributed by atoms with Crippen molar-refractivity contribution in [2.24, 2.45) is 0 Å². The third kappa shape index (κ3) is 9.75. The first-order valence-corrected chi connectivity index (χ1v) is 21.3. The van der Waals surface area contributed by atoms with E-state index in [-0.39, 0.29) is 0 Å². The van der Waals surface area contributed by atoms with Gasteiger partial charge in [-0.05, 0) is 125 Å². The van der Waals surface area contributed by atoms with Crippen LogP contribution in [0.5, 0.6) is 92.0 Å². The second-order valence-corrected chi connectivity index (χ2v) is 15.8. The van der Waals surface area contributed by atoms with E-state index in [2.05, 4.69) is 0 Å². The average molecular weight is 905 g/mol. The highest BCUT2D eigenvalue weighted by molar-refractivity contribution is 5.79. The summed E-state index contributed by atoms with van der Waals surface area (Å²) in [5.74, 6) is 6.07. The molecule has 0 atom stereocenters. The topological polar surface area (TPSA) is 142 Å². The van der Waals surface area contributed by atoms with Crippen LogP contribution in [0.3, 0.4) is 0 Å². The second-order valence-electron chi connectivity index (χ2n) is 15.8. The molecule has 0 aliphatic carbocycles. The quantitative estimate of drug-likeness (QED) is 0.155. The summed E-state index contributed by atoms with van der Waals surface area (Å²) in [4.78, 5) is 48.7. The molecule has 1 aliphatic rings. The van der Waals surface area contributed by atoms with Gasteiger partial charge in [-0.2, -0.15) is 0 Å². The molecule has 9 rings (SSSR count). The number of rotatable bonds is 4. The lowest BCUT2D eigenvalue weighted by Crippen LogP contribution is -1.97. The Morgan fingerprint density at radius 1 is 0.250 bits per heavy atom. The standard InChI is InChI=1S/C56H40O12/c1-33-49-9-5-10-50(33)62-42-18-38(30-58)20-44(26-42)64-52-12-7-14-54(35(52)3)66-46-22-40(32-60)24-48(28-46)68-56-16-8-15-55(36(56)4)67-47-23-39(31-59)21-45(27-47)65-53-13-6-11-51(34(53)2)63-43-19-37(29-57)17-41(25-43)61-49/h5-32H,1-4H3. The van der Waals surface area contributed by atoms with Gasteiger partial charge in [-0.15, -0.1) is 0 Å². The van der Waals surface area contributed by atoms with Crippen molar-refractivity contribution in [1.82, 2.24) is 0 Å². The molecule has 12 nitrogen and oxygen atoms in total. The van der Waals surface area contributed by atoms with Gasteiger partial charge in [0, 0.05) is 68.8 Å². The molecule has 16 bridgehead atoms. The van der Waals surface area contributed by atoms with Crippen molar-refractivity contribution in [3.05, 3.63) is 190 Å². The molecular formula is C56H40O12. The Morgan fingerprint density at radius 2 is 0.397 bits per heavy atom. The van der Waals surface area contributed by atoms with Gasteiger partial charge in [-0.1, -0.05) is 24.3 Å². The highest BCUT2D eigenvalue weighted by Gasteiger charge is 2.18. The first-order chi connectivity index (χ1) is 33.0. The Hall–Kier alpha value is -9.16. The predicted octanol–water partition coefficient (Wildman–Crippen LogP) is 14.8. The molecule has 0 saturated carbocycles. The van der Waals surface area contributed by atoms with Crippen LogP contribution in [0.2, 0.25) is 0 Å². The van der Waals surface area contributed by atoms with E-state index >= 15 is 0 Å². The van der Waals surface area contributed by atoms with Crippen molar-refractivity contribution < 1.29 is 57.1 Å². The van der Waals surface area contributed by atoms with E-state index in [0.717, 1.165) is 0 Å². The van der Waals surface area contributed by atoms with E-state index in [0.29, 0.717) is 162 Å². The number of carbonyl (C=O) groups is 4. The monoisotopic (exact) mass is 904 g/mol. The van der Waals surface area contributed by atoms with Gasteiger partial charge in [0.15, 0.2) is 0 Å². The van der Waals surface area contributed by atoms with Gasteiger partial charge in [-0.3, -0.25) is 19.2 Å². The van der Waals surface area contributed by atoms with Gasteiger partial charge < -0.3 is 37.9 Å². The van der Waals surface area contributed by atoms with Crippen LogP contribution in [0.15, 0.2) is 146 Å². The minimum Gasteiger partial charge on any atom is -0.457 e. The summed E-state index contributed by atoms with van der Waals surface area (Å²) >= 11 is 0. The van der Waals surface area contributed by atoms with Crippen LogP contribution in [-0.4, -0.2) is 25.1 Å². The molecule has 1 aliphatic heterocycles. The van der Waals surface area contributed by atoms with Crippen LogP contribution in [-0.2, 0) is 0 Å². The number of ether oxygens (including phenoxy) is 8. The molecule has 0 fully saturated rings. The van der Waals surface area contributed by atoms with Gasteiger partial charge >= 0.3 is 0 Å². The number of carbonyl (C=O) groups excluding carboxylic acids is 4.